The van der Waals surface area contributed by atoms with Gasteiger partial charge in [-0.3, -0.25) is 0 Å². The maximum atomic E-state index is 12.4. The van der Waals surface area contributed by atoms with Gasteiger partial charge in [0, 0.05) is 19.7 Å². The third kappa shape index (κ3) is 2.92. The van der Waals surface area contributed by atoms with Crippen LogP contribution in [-0.2, 0) is 17.9 Å². The van der Waals surface area contributed by atoms with Crippen LogP contribution in [0.3, 0.4) is 0 Å². The second-order valence-electron chi connectivity index (χ2n) is 7.79. The van der Waals surface area contributed by atoms with Crippen molar-refractivity contribution in [2.75, 3.05) is 7.11 Å². The number of amides is 2. The minimum absolute atomic E-state index is 0.0192. The van der Waals surface area contributed by atoms with Gasteiger partial charge in [-0.2, -0.15) is 0 Å². The number of urea groups is 1. The third-order valence-electron chi connectivity index (χ3n) is 6.60. The predicted molar refractivity (Wildman–Crippen MR) is 93.4 cm³/mol. The van der Waals surface area contributed by atoms with Crippen molar-refractivity contribution in [3.63, 3.8) is 0 Å². The molecular formula is C20H28N2O2. The van der Waals surface area contributed by atoms with Gasteiger partial charge in [0.05, 0.1) is 6.61 Å². The van der Waals surface area contributed by atoms with E-state index in [9.17, 15) is 4.79 Å². The SMILES string of the molecule is COCc1ccccc1CNC(=O)NC1CC2CC1C1CCCC21. The Bertz CT molecular complexity index is 603. The minimum atomic E-state index is -0.0192. The minimum Gasteiger partial charge on any atom is -0.380 e. The molecule has 0 aromatic heterocycles. The molecule has 3 fully saturated rings. The van der Waals surface area contributed by atoms with Crippen molar-refractivity contribution >= 4 is 6.03 Å². The molecule has 5 atom stereocenters. The highest BCUT2D eigenvalue weighted by Crippen LogP contribution is 2.58. The average molecular weight is 328 g/mol. The summed E-state index contributed by atoms with van der Waals surface area (Å²) < 4.78 is 5.23. The fraction of sp³-hybridized carbons (Fsp3) is 0.650. The van der Waals surface area contributed by atoms with Gasteiger partial charge in [-0.25, -0.2) is 4.79 Å². The van der Waals surface area contributed by atoms with Gasteiger partial charge in [0.1, 0.15) is 0 Å². The zero-order chi connectivity index (χ0) is 16.5. The van der Waals surface area contributed by atoms with E-state index < -0.39 is 0 Å². The molecule has 0 saturated heterocycles. The number of hydrogen-bond acceptors (Lipinski definition) is 2. The van der Waals surface area contributed by atoms with Gasteiger partial charge in [-0.05, 0) is 60.5 Å². The van der Waals surface area contributed by atoms with Crippen LogP contribution >= 0.6 is 0 Å². The maximum Gasteiger partial charge on any atom is 0.315 e. The smallest absolute Gasteiger partial charge is 0.315 e. The van der Waals surface area contributed by atoms with E-state index in [1.54, 1.807) is 7.11 Å². The van der Waals surface area contributed by atoms with Crippen LogP contribution in [0.25, 0.3) is 0 Å². The first kappa shape index (κ1) is 15.9. The molecule has 24 heavy (non-hydrogen) atoms. The molecular weight excluding hydrogens is 300 g/mol. The number of nitrogens with one attached hydrogen (secondary N) is 2. The topological polar surface area (TPSA) is 50.4 Å². The fourth-order valence-corrected chi connectivity index (χ4v) is 5.66. The lowest BCUT2D eigenvalue weighted by molar-refractivity contribution is 0.183. The van der Waals surface area contributed by atoms with E-state index in [1.165, 1.54) is 32.1 Å². The van der Waals surface area contributed by atoms with E-state index in [4.69, 9.17) is 4.74 Å². The Morgan fingerprint density at radius 1 is 1.12 bits per heavy atom. The number of hydrogen-bond donors (Lipinski definition) is 2. The van der Waals surface area contributed by atoms with Crippen molar-refractivity contribution in [2.45, 2.75) is 51.3 Å². The average Bonchev–Trinajstić information content (AvgIpc) is 3.27. The highest BCUT2D eigenvalue weighted by Gasteiger charge is 2.53. The van der Waals surface area contributed by atoms with Crippen LogP contribution in [0.5, 0.6) is 0 Å². The molecule has 0 radical (unpaired) electrons. The van der Waals surface area contributed by atoms with Crippen molar-refractivity contribution in [2.24, 2.45) is 23.7 Å². The van der Waals surface area contributed by atoms with Crippen LogP contribution in [0.4, 0.5) is 4.79 Å². The summed E-state index contributed by atoms with van der Waals surface area (Å²) in [6.07, 6.45) is 6.76. The molecule has 2 amide bonds. The normalized spacial score (nSPS) is 33.5. The quantitative estimate of drug-likeness (QED) is 0.870. The molecule has 4 rings (SSSR count). The molecule has 4 nitrogen and oxygen atoms in total. The lowest BCUT2D eigenvalue weighted by Crippen LogP contribution is -2.46. The van der Waals surface area contributed by atoms with Crippen molar-refractivity contribution in [3.05, 3.63) is 35.4 Å². The molecule has 3 saturated carbocycles. The van der Waals surface area contributed by atoms with Crippen LogP contribution in [0.1, 0.15) is 43.2 Å². The second-order valence-corrected chi connectivity index (χ2v) is 7.79. The summed E-state index contributed by atoms with van der Waals surface area (Å²) in [6.45, 7) is 1.13. The van der Waals surface area contributed by atoms with Gasteiger partial charge in [0.15, 0.2) is 0 Å². The van der Waals surface area contributed by atoms with Crippen LogP contribution in [0.2, 0.25) is 0 Å². The molecule has 130 valence electrons. The summed E-state index contributed by atoms with van der Waals surface area (Å²) >= 11 is 0. The van der Waals surface area contributed by atoms with Crippen LogP contribution in [0.15, 0.2) is 24.3 Å². The van der Waals surface area contributed by atoms with Gasteiger partial charge in [-0.15, -0.1) is 0 Å². The first-order valence-corrected chi connectivity index (χ1v) is 9.36. The van der Waals surface area contributed by atoms with Gasteiger partial charge >= 0.3 is 6.03 Å². The summed E-state index contributed by atoms with van der Waals surface area (Å²) in [5.74, 6) is 3.46. The summed E-state index contributed by atoms with van der Waals surface area (Å²) in [5, 5.41) is 6.30. The third-order valence-corrected chi connectivity index (χ3v) is 6.60. The molecule has 3 aliphatic carbocycles. The Hall–Kier alpha value is -1.55. The van der Waals surface area contributed by atoms with Crippen LogP contribution in [-0.4, -0.2) is 19.2 Å². The molecule has 0 heterocycles. The number of benzene rings is 1. The molecule has 0 spiro atoms. The first-order chi connectivity index (χ1) is 11.8. The van der Waals surface area contributed by atoms with Crippen molar-refractivity contribution in [1.82, 2.24) is 10.6 Å². The highest BCUT2D eigenvalue weighted by molar-refractivity contribution is 5.74. The molecule has 2 bridgehead atoms. The predicted octanol–water partition coefficient (Wildman–Crippen LogP) is 3.46. The summed E-state index contributed by atoms with van der Waals surface area (Å²) in [5.41, 5.74) is 2.26. The van der Waals surface area contributed by atoms with E-state index in [-0.39, 0.29) is 6.03 Å². The molecule has 1 aromatic carbocycles. The lowest BCUT2D eigenvalue weighted by Gasteiger charge is -2.32. The number of fused-ring (bicyclic) bond motifs is 5. The maximum absolute atomic E-state index is 12.4. The van der Waals surface area contributed by atoms with Gasteiger partial charge < -0.3 is 15.4 Å². The number of carbonyl (C=O) groups excluding carboxylic acids is 1. The largest absolute Gasteiger partial charge is 0.380 e. The number of methoxy groups -OCH3 is 1. The van der Waals surface area contributed by atoms with Gasteiger partial charge in [0.25, 0.3) is 0 Å². The van der Waals surface area contributed by atoms with E-state index in [1.807, 2.05) is 12.1 Å². The summed E-state index contributed by atoms with van der Waals surface area (Å²) in [4.78, 5) is 12.4. The Balaban J connectivity index is 1.30. The van der Waals surface area contributed by atoms with Crippen LogP contribution < -0.4 is 10.6 Å². The number of carbonyl (C=O) groups is 1. The number of rotatable bonds is 5. The monoisotopic (exact) mass is 328 g/mol. The Morgan fingerprint density at radius 3 is 2.75 bits per heavy atom. The number of ether oxygens (including phenoxy) is 1. The zero-order valence-corrected chi connectivity index (χ0v) is 14.5. The van der Waals surface area contributed by atoms with E-state index in [0.29, 0.717) is 19.2 Å². The molecule has 1 aromatic rings. The van der Waals surface area contributed by atoms with E-state index in [0.717, 1.165) is 34.8 Å². The summed E-state index contributed by atoms with van der Waals surface area (Å²) in [7, 11) is 1.70. The van der Waals surface area contributed by atoms with E-state index in [2.05, 4.69) is 22.8 Å². The van der Waals surface area contributed by atoms with Crippen molar-refractivity contribution in [1.29, 1.82) is 0 Å². The molecule has 5 unspecified atom stereocenters. The van der Waals surface area contributed by atoms with E-state index >= 15 is 0 Å². The lowest BCUT2D eigenvalue weighted by atomic mass is 9.79. The standard InChI is InChI=1S/C20H28N2O2/c1-24-12-14-6-3-2-5-13(14)11-21-20(23)22-19-10-15-9-18(19)17-8-4-7-16(15)17/h2-3,5-6,15-19H,4,7-12H2,1H3,(H2,21,22,23). The Morgan fingerprint density at radius 2 is 1.92 bits per heavy atom. The Kier molecular flexibility index (Phi) is 4.49. The van der Waals surface area contributed by atoms with Crippen molar-refractivity contribution < 1.29 is 9.53 Å². The first-order valence-electron chi connectivity index (χ1n) is 9.36. The molecule has 3 aliphatic rings. The zero-order valence-electron chi connectivity index (χ0n) is 14.5. The Labute approximate surface area is 144 Å². The van der Waals surface area contributed by atoms with Crippen molar-refractivity contribution in [3.8, 4) is 0 Å². The van der Waals surface area contributed by atoms with Crippen LogP contribution in [0, 0.1) is 23.7 Å². The van der Waals surface area contributed by atoms with Gasteiger partial charge in [-0.1, -0.05) is 30.7 Å². The highest BCUT2D eigenvalue weighted by atomic mass is 16.5. The molecule has 0 aliphatic heterocycles. The van der Waals surface area contributed by atoms with Gasteiger partial charge in [0.2, 0.25) is 0 Å². The summed E-state index contributed by atoms with van der Waals surface area (Å²) in [6, 6.07) is 8.48. The second kappa shape index (κ2) is 6.75. The fourth-order valence-electron chi connectivity index (χ4n) is 5.66. The molecule has 2 N–H and O–H groups in total. The molecule has 4 heteroatoms.